The van der Waals surface area contributed by atoms with Gasteiger partial charge in [0.25, 0.3) is 0 Å². The third-order valence-electron chi connectivity index (χ3n) is 4.34. The van der Waals surface area contributed by atoms with E-state index in [1.807, 2.05) is 0 Å². The van der Waals surface area contributed by atoms with Crippen molar-refractivity contribution in [3.05, 3.63) is 11.3 Å². The first-order valence-electron chi connectivity index (χ1n) is 8.81. The summed E-state index contributed by atoms with van der Waals surface area (Å²) in [6.45, 7) is 8.48. The van der Waals surface area contributed by atoms with E-state index in [0.717, 1.165) is 44.4 Å². The van der Waals surface area contributed by atoms with E-state index in [2.05, 4.69) is 48.4 Å². The van der Waals surface area contributed by atoms with Crippen molar-refractivity contribution in [3.8, 4) is 0 Å². The maximum absolute atomic E-state index is 4.77. The van der Waals surface area contributed by atoms with E-state index < -0.39 is 0 Å². The van der Waals surface area contributed by atoms with Crippen LogP contribution in [0.3, 0.4) is 0 Å². The van der Waals surface area contributed by atoms with Crippen molar-refractivity contribution in [1.29, 1.82) is 0 Å². The van der Waals surface area contributed by atoms with Crippen molar-refractivity contribution in [2.24, 2.45) is 0 Å². The van der Waals surface area contributed by atoms with Crippen molar-refractivity contribution < 1.29 is 0 Å². The Morgan fingerprint density at radius 3 is 2.70 bits per heavy atom. The van der Waals surface area contributed by atoms with Gasteiger partial charge >= 0.3 is 0 Å². The van der Waals surface area contributed by atoms with Crippen LogP contribution >= 0.6 is 0 Å². The number of rotatable bonds is 7. The fourth-order valence-electron chi connectivity index (χ4n) is 2.87. The number of nitrogens with zero attached hydrogens (tertiary/aromatic N) is 4. The van der Waals surface area contributed by atoms with E-state index in [1.54, 1.807) is 0 Å². The van der Waals surface area contributed by atoms with E-state index in [-0.39, 0.29) is 0 Å². The lowest BCUT2D eigenvalue weighted by Gasteiger charge is -2.30. The molecule has 0 unspecified atom stereocenters. The molecule has 0 radical (unpaired) electrons. The van der Waals surface area contributed by atoms with Gasteiger partial charge in [-0.05, 0) is 40.8 Å². The summed E-state index contributed by atoms with van der Waals surface area (Å²) in [5, 5.41) is 6.97. The predicted molar refractivity (Wildman–Crippen MR) is 95.0 cm³/mol. The van der Waals surface area contributed by atoms with Gasteiger partial charge < -0.3 is 15.5 Å². The molecule has 128 valence electrons. The second kappa shape index (κ2) is 7.01. The molecule has 1 fully saturated rings. The summed E-state index contributed by atoms with van der Waals surface area (Å²) in [5.74, 6) is 1.82. The van der Waals surface area contributed by atoms with Gasteiger partial charge in [0.05, 0.1) is 5.69 Å². The summed E-state index contributed by atoms with van der Waals surface area (Å²) in [6, 6.07) is 0.958. The molecule has 0 aromatic carbocycles. The molecule has 2 N–H and O–H groups in total. The SMILES string of the molecule is CC(C)Nc1nc2c(c(NC3CC3)n1)CN(CCN(C)C)CC2. The van der Waals surface area contributed by atoms with Gasteiger partial charge in [-0.2, -0.15) is 4.98 Å². The minimum absolute atomic E-state index is 0.349. The first-order valence-corrected chi connectivity index (χ1v) is 8.81. The van der Waals surface area contributed by atoms with Gasteiger partial charge in [0.2, 0.25) is 5.95 Å². The minimum atomic E-state index is 0.349. The van der Waals surface area contributed by atoms with Gasteiger partial charge in [-0.15, -0.1) is 0 Å². The van der Waals surface area contributed by atoms with Gasteiger partial charge in [0.15, 0.2) is 0 Å². The molecule has 0 saturated heterocycles. The zero-order valence-corrected chi connectivity index (χ0v) is 14.9. The van der Waals surface area contributed by atoms with Crippen molar-refractivity contribution in [2.45, 2.75) is 51.7 Å². The van der Waals surface area contributed by atoms with Gasteiger partial charge in [-0.3, -0.25) is 4.90 Å². The van der Waals surface area contributed by atoms with Crippen molar-refractivity contribution >= 4 is 11.8 Å². The van der Waals surface area contributed by atoms with Gasteiger partial charge in [-0.1, -0.05) is 0 Å². The van der Waals surface area contributed by atoms with Crippen LogP contribution in [0.2, 0.25) is 0 Å². The molecule has 1 aliphatic heterocycles. The Bertz CT molecular complexity index is 538. The molecule has 6 heteroatoms. The lowest BCUT2D eigenvalue weighted by atomic mass is 10.1. The number of likely N-dealkylation sites (N-methyl/N-ethyl adjacent to an activating group) is 1. The van der Waals surface area contributed by atoms with E-state index in [9.17, 15) is 0 Å². The third kappa shape index (κ3) is 4.54. The number of hydrogen-bond acceptors (Lipinski definition) is 6. The molecule has 0 bridgehead atoms. The first-order chi connectivity index (χ1) is 11.0. The molecule has 23 heavy (non-hydrogen) atoms. The Hall–Kier alpha value is -1.40. The van der Waals surface area contributed by atoms with Crippen molar-refractivity contribution in [3.63, 3.8) is 0 Å². The number of anilines is 2. The Kier molecular flexibility index (Phi) is 5.02. The van der Waals surface area contributed by atoms with Crippen LogP contribution in [0.1, 0.15) is 37.9 Å². The summed E-state index contributed by atoms with van der Waals surface area (Å²) < 4.78 is 0. The van der Waals surface area contributed by atoms with Gasteiger partial charge in [-0.25, -0.2) is 4.98 Å². The average molecular weight is 318 g/mol. The molecule has 0 amide bonds. The maximum atomic E-state index is 4.77. The Balaban J connectivity index is 1.78. The molecule has 1 aromatic rings. The van der Waals surface area contributed by atoms with Crippen LogP contribution < -0.4 is 10.6 Å². The molecular weight excluding hydrogens is 288 g/mol. The van der Waals surface area contributed by atoms with Crippen LogP contribution in [0.15, 0.2) is 0 Å². The monoisotopic (exact) mass is 318 g/mol. The lowest BCUT2D eigenvalue weighted by molar-refractivity contribution is 0.224. The molecule has 1 aromatic heterocycles. The maximum Gasteiger partial charge on any atom is 0.225 e. The highest BCUT2D eigenvalue weighted by molar-refractivity contribution is 5.53. The molecule has 2 aliphatic rings. The van der Waals surface area contributed by atoms with Crippen LogP contribution in [0.4, 0.5) is 11.8 Å². The molecule has 1 saturated carbocycles. The second-order valence-electron chi connectivity index (χ2n) is 7.37. The summed E-state index contributed by atoms with van der Waals surface area (Å²) in [7, 11) is 4.26. The fraction of sp³-hybridized carbons (Fsp3) is 0.765. The topological polar surface area (TPSA) is 56.3 Å². The summed E-state index contributed by atoms with van der Waals surface area (Å²) in [6.07, 6.45) is 3.53. The lowest BCUT2D eigenvalue weighted by Crippen LogP contribution is -2.37. The standard InChI is InChI=1S/C17H30N6/c1-12(2)18-17-20-15-7-8-23(10-9-22(3)4)11-14(15)16(21-17)19-13-5-6-13/h12-13H,5-11H2,1-4H3,(H2,18,19,20,21). The zero-order valence-electron chi connectivity index (χ0n) is 14.9. The number of hydrogen-bond donors (Lipinski definition) is 2. The van der Waals surface area contributed by atoms with E-state index in [0.29, 0.717) is 12.1 Å². The van der Waals surface area contributed by atoms with E-state index in [1.165, 1.54) is 24.1 Å². The van der Waals surface area contributed by atoms with Crippen molar-refractivity contribution in [2.75, 3.05) is 44.4 Å². The van der Waals surface area contributed by atoms with E-state index >= 15 is 0 Å². The molecule has 2 heterocycles. The van der Waals surface area contributed by atoms with Crippen LogP contribution in [0.5, 0.6) is 0 Å². The quantitative estimate of drug-likeness (QED) is 0.799. The minimum Gasteiger partial charge on any atom is -0.367 e. The highest BCUT2D eigenvalue weighted by Crippen LogP contribution is 2.30. The van der Waals surface area contributed by atoms with Crippen LogP contribution in [-0.2, 0) is 13.0 Å². The number of fused-ring (bicyclic) bond motifs is 1. The predicted octanol–water partition coefficient (Wildman–Crippen LogP) is 1.79. The second-order valence-corrected chi connectivity index (χ2v) is 7.37. The first kappa shape index (κ1) is 16.5. The average Bonchev–Trinajstić information content (AvgIpc) is 3.28. The van der Waals surface area contributed by atoms with Crippen LogP contribution in [0, 0.1) is 0 Å². The molecule has 0 spiro atoms. The number of nitrogens with one attached hydrogen (secondary N) is 2. The molecule has 1 aliphatic carbocycles. The summed E-state index contributed by atoms with van der Waals surface area (Å²) >= 11 is 0. The Morgan fingerprint density at radius 2 is 2.04 bits per heavy atom. The number of aromatic nitrogens is 2. The van der Waals surface area contributed by atoms with Crippen LogP contribution in [0.25, 0.3) is 0 Å². The van der Waals surface area contributed by atoms with Crippen molar-refractivity contribution in [1.82, 2.24) is 19.8 Å². The summed E-state index contributed by atoms with van der Waals surface area (Å²) in [4.78, 5) is 14.3. The Morgan fingerprint density at radius 1 is 1.26 bits per heavy atom. The van der Waals surface area contributed by atoms with Gasteiger partial charge in [0, 0.05) is 50.2 Å². The molecule has 0 atom stereocenters. The third-order valence-corrected chi connectivity index (χ3v) is 4.34. The highest BCUT2D eigenvalue weighted by atomic mass is 15.2. The summed E-state index contributed by atoms with van der Waals surface area (Å²) in [5.41, 5.74) is 2.52. The van der Waals surface area contributed by atoms with E-state index in [4.69, 9.17) is 9.97 Å². The fourth-order valence-corrected chi connectivity index (χ4v) is 2.87. The normalized spacial score (nSPS) is 18.3. The largest absolute Gasteiger partial charge is 0.367 e. The van der Waals surface area contributed by atoms with Gasteiger partial charge in [0.1, 0.15) is 5.82 Å². The smallest absolute Gasteiger partial charge is 0.225 e. The highest BCUT2D eigenvalue weighted by Gasteiger charge is 2.27. The molecule has 6 nitrogen and oxygen atoms in total. The molecule has 3 rings (SSSR count). The van der Waals surface area contributed by atoms with Crippen LogP contribution in [-0.4, -0.2) is 65.6 Å². The zero-order chi connectivity index (χ0) is 16.4. The Labute approximate surface area is 139 Å². The molecular formula is C17H30N6.